The topological polar surface area (TPSA) is 61.5 Å². The number of halogens is 2. The minimum Gasteiger partial charge on any atom is -0.490 e. The van der Waals surface area contributed by atoms with E-state index in [1.54, 1.807) is 24.4 Å². The molecule has 0 saturated carbocycles. The highest BCUT2D eigenvalue weighted by atomic mass is 35.5. The van der Waals surface area contributed by atoms with Gasteiger partial charge in [0, 0.05) is 15.6 Å². The molecule has 1 aromatic heterocycles. The Balaban J connectivity index is 1.78. The van der Waals surface area contributed by atoms with Gasteiger partial charge in [-0.3, -0.25) is 0 Å². The van der Waals surface area contributed by atoms with E-state index in [-0.39, 0.29) is 6.61 Å². The number of aromatic nitrogens is 3. The van der Waals surface area contributed by atoms with Crippen LogP contribution in [0.4, 0.5) is 0 Å². The molecule has 3 aromatic rings. The predicted molar refractivity (Wildman–Crippen MR) is 101 cm³/mol. The number of hydrogen-bond acceptors (Lipinski definition) is 5. The summed E-state index contributed by atoms with van der Waals surface area (Å²) in [4.78, 5) is 0. The molecule has 0 bridgehead atoms. The van der Waals surface area contributed by atoms with Crippen molar-refractivity contribution in [1.29, 1.82) is 0 Å². The average molecular weight is 391 g/mol. The monoisotopic (exact) mass is 390 g/mol. The van der Waals surface area contributed by atoms with Crippen LogP contribution in [0.1, 0.15) is 18.1 Å². The van der Waals surface area contributed by atoms with E-state index in [1.165, 1.54) is 17.3 Å². The molecule has 0 spiro atoms. The first-order chi connectivity index (χ1) is 12.7. The van der Waals surface area contributed by atoms with Crippen LogP contribution in [0.25, 0.3) is 0 Å². The molecule has 0 amide bonds. The lowest BCUT2D eigenvalue weighted by Gasteiger charge is -2.14. The van der Waals surface area contributed by atoms with Crippen LogP contribution in [0.15, 0.2) is 54.2 Å². The molecule has 0 atom stereocenters. The van der Waals surface area contributed by atoms with Crippen molar-refractivity contribution in [1.82, 2.24) is 14.9 Å². The van der Waals surface area contributed by atoms with Gasteiger partial charge in [-0.1, -0.05) is 29.3 Å². The summed E-state index contributed by atoms with van der Waals surface area (Å²) in [7, 11) is 0. The Hall–Kier alpha value is -2.57. The third kappa shape index (κ3) is 4.53. The van der Waals surface area contributed by atoms with Crippen molar-refractivity contribution in [2.24, 2.45) is 5.10 Å². The lowest BCUT2D eigenvalue weighted by Crippen LogP contribution is -2.01. The number of hydrogen-bond donors (Lipinski definition) is 0. The highest BCUT2D eigenvalue weighted by Crippen LogP contribution is 2.31. The first-order valence-electron chi connectivity index (χ1n) is 7.89. The minimum absolute atomic E-state index is 0.243. The van der Waals surface area contributed by atoms with Crippen molar-refractivity contribution in [3.8, 4) is 11.5 Å². The fraction of sp³-hybridized carbons (Fsp3) is 0.167. The third-order valence-corrected chi connectivity index (χ3v) is 4.16. The van der Waals surface area contributed by atoms with Crippen molar-refractivity contribution in [2.45, 2.75) is 13.5 Å². The standard InChI is InChI=1S/C18H16Cl2N4O2/c1-2-25-18-8-13(9-23-24-11-21-22-12-24)6-7-17(18)26-10-14-15(19)4-3-5-16(14)20/h3-9,11-12H,2,10H2,1H3. The fourth-order valence-corrected chi connectivity index (χ4v) is 2.71. The Morgan fingerprint density at radius 2 is 1.77 bits per heavy atom. The van der Waals surface area contributed by atoms with Gasteiger partial charge in [-0.25, -0.2) is 4.68 Å². The van der Waals surface area contributed by atoms with E-state index in [1.807, 2.05) is 25.1 Å². The second-order valence-corrected chi connectivity index (χ2v) is 6.03. The molecule has 3 rings (SSSR count). The molecule has 0 aliphatic heterocycles. The highest BCUT2D eigenvalue weighted by Gasteiger charge is 2.10. The lowest BCUT2D eigenvalue weighted by molar-refractivity contribution is 0.269. The zero-order valence-electron chi connectivity index (χ0n) is 14.0. The van der Waals surface area contributed by atoms with Crippen LogP contribution in [0, 0.1) is 0 Å². The number of benzene rings is 2. The minimum atomic E-state index is 0.243. The van der Waals surface area contributed by atoms with Gasteiger partial charge in [0.15, 0.2) is 11.5 Å². The SMILES string of the molecule is CCOc1cc(C=Nn2cnnc2)ccc1OCc1c(Cl)cccc1Cl. The summed E-state index contributed by atoms with van der Waals surface area (Å²) in [6, 6.07) is 10.9. The van der Waals surface area contributed by atoms with Crippen molar-refractivity contribution < 1.29 is 9.47 Å². The molecule has 2 aromatic carbocycles. The Morgan fingerprint density at radius 1 is 1.04 bits per heavy atom. The van der Waals surface area contributed by atoms with Gasteiger partial charge in [0.2, 0.25) is 0 Å². The van der Waals surface area contributed by atoms with Gasteiger partial charge in [0.1, 0.15) is 19.3 Å². The molecule has 0 radical (unpaired) electrons. The maximum atomic E-state index is 6.19. The van der Waals surface area contributed by atoms with E-state index >= 15 is 0 Å². The zero-order valence-corrected chi connectivity index (χ0v) is 15.5. The van der Waals surface area contributed by atoms with Crippen molar-refractivity contribution in [3.05, 3.63) is 70.2 Å². The summed E-state index contributed by atoms with van der Waals surface area (Å²) in [5, 5.41) is 12.7. The van der Waals surface area contributed by atoms with Crippen LogP contribution in [-0.4, -0.2) is 27.7 Å². The Labute approximate surface area is 161 Å². The molecule has 8 heteroatoms. The maximum Gasteiger partial charge on any atom is 0.161 e. The normalized spacial score (nSPS) is 11.0. The van der Waals surface area contributed by atoms with E-state index in [9.17, 15) is 0 Å². The molecule has 0 aliphatic rings. The van der Waals surface area contributed by atoms with E-state index in [0.717, 1.165) is 11.1 Å². The van der Waals surface area contributed by atoms with Gasteiger partial charge in [-0.2, -0.15) is 5.10 Å². The van der Waals surface area contributed by atoms with Crippen LogP contribution < -0.4 is 9.47 Å². The molecule has 134 valence electrons. The van der Waals surface area contributed by atoms with Crippen LogP contribution in [0.2, 0.25) is 10.0 Å². The van der Waals surface area contributed by atoms with Crippen LogP contribution >= 0.6 is 23.2 Å². The maximum absolute atomic E-state index is 6.19. The number of ether oxygens (including phenoxy) is 2. The Bertz CT molecular complexity index is 878. The van der Waals surface area contributed by atoms with E-state index < -0.39 is 0 Å². The van der Waals surface area contributed by atoms with Crippen LogP contribution in [-0.2, 0) is 6.61 Å². The van der Waals surface area contributed by atoms with E-state index in [0.29, 0.717) is 28.2 Å². The fourth-order valence-electron chi connectivity index (χ4n) is 2.20. The third-order valence-electron chi connectivity index (χ3n) is 3.45. The average Bonchev–Trinajstić information content (AvgIpc) is 3.15. The Morgan fingerprint density at radius 3 is 2.46 bits per heavy atom. The van der Waals surface area contributed by atoms with Gasteiger partial charge in [-0.05, 0) is 42.8 Å². The highest BCUT2D eigenvalue weighted by molar-refractivity contribution is 6.35. The van der Waals surface area contributed by atoms with Gasteiger partial charge >= 0.3 is 0 Å². The number of nitrogens with zero attached hydrogens (tertiary/aromatic N) is 4. The largest absolute Gasteiger partial charge is 0.490 e. The molecule has 0 saturated heterocycles. The van der Waals surface area contributed by atoms with Crippen LogP contribution in [0.5, 0.6) is 11.5 Å². The molecule has 0 fully saturated rings. The second-order valence-electron chi connectivity index (χ2n) is 5.21. The summed E-state index contributed by atoms with van der Waals surface area (Å²) >= 11 is 12.4. The quantitative estimate of drug-likeness (QED) is 0.559. The molecule has 0 unspecified atom stereocenters. The molecular formula is C18H16Cl2N4O2. The molecule has 0 N–H and O–H groups in total. The van der Waals surface area contributed by atoms with Gasteiger partial charge in [-0.15, -0.1) is 10.2 Å². The van der Waals surface area contributed by atoms with Gasteiger partial charge < -0.3 is 9.47 Å². The van der Waals surface area contributed by atoms with E-state index in [4.69, 9.17) is 32.7 Å². The van der Waals surface area contributed by atoms with Gasteiger partial charge in [0.25, 0.3) is 0 Å². The summed E-state index contributed by atoms with van der Waals surface area (Å²) < 4.78 is 13.1. The smallest absolute Gasteiger partial charge is 0.161 e. The first kappa shape index (κ1) is 18.2. The molecule has 0 aliphatic carbocycles. The van der Waals surface area contributed by atoms with Crippen molar-refractivity contribution >= 4 is 29.4 Å². The summed E-state index contributed by atoms with van der Waals surface area (Å²) in [5.74, 6) is 1.22. The lowest BCUT2D eigenvalue weighted by atomic mass is 10.2. The predicted octanol–water partition coefficient (Wildman–Crippen LogP) is 4.44. The first-order valence-corrected chi connectivity index (χ1v) is 8.64. The molecule has 1 heterocycles. The number of rotatable bonds is 7. The molecular weight excluding hydrogens is 375 g/mol. The summed E-state index contributed by atoms with van der Waals surface area (Å²) in [6.45, 7) is 2.66. The van der Waals surface area contributed by atoms with Gasteiger partial charge in [0.05, 0.1) is 12.8 Å². The van der Waals surface area contributed by atoms with Crippen LogP contribution in [0.3, 0.4) is 0 Å². The van der Waals surface area contributed by atoms with E-state index in [2.05, 4.69) is 15.3 Å². The molecule has 6 nitrogen and oxygen atoms in total. The zero-order chi connectivity index (χ0) is 18.4. The van der Waals surface area contributed by atoms with Crippen molar-refractivity contribution in [2.75, 3.05) is 6.61 Å². The second kappa shape index (κ2) is 8.69. The summed E-state index contributed by atoms with van der Waals surface area (Å²) in [5.41, 5.74) is 1.59. The molecule has 26 heavy (non-hydrogen) atoms. The van der Waals surface area contributed by atoms with Crippen molar-refractivity contribution in [3.63, 3.8) is 0 Å². The Kier molecular flexibility index (Phi) is 6.09. The summed E-state index contributed by atoms with van der Waals surface area (Å²) in [6.07, 6.45) is 4.69.